The van der Waals surface area contributed by atoms with Gasteiger partial charge in [-0.3, -0.25) is 14.7 Å². The Kier molecular flexibility index (Phi) is 5.35. The summed E-state index contributed by atoms with van der Waals surface area (Å²) in [7, 11) is 1.55. The summed E-state index contributed by atoms with van der Waals surface area (Å²) in [5, 5.41) is 2.91. The molecule has 6 heteroatoms. The van der Waals surface area contributed by atoms with E-state index in [1.807, 2.05) is 60.9 Å². The molecule has 6 nitrogen and oxygen atoms in total. The van der Waals surface area contributed by atoms with Crippen LogP contribution in [-0.4, -0.2) is 35.2 Å². The third-order valence-electron chi connectivity index (χ3n) is 4.36. The Bertz CT molecular complexity index is 911. The Balaban J connectivity index is 2.02. The van der Waals surface area contributed by atoms with Gasteiger partial charge in [-0.1, -0.05) is 23.8 Å². The molecule has 0 aliphatic carbocycles. The van der Waals surface area contributed by atoms with E-state index in [-0.39, 0.29) is 25.0 Å². The predicted molar refractivity (Wildman–Crippen MR) is 104 cm³/mol. The minimum absolute atomic E-state index is 0.178. The van der Waals surface area contributed by atoms with E-state index < -0.39 is 0 Å². The van der Waals surface area contributed by atoms with Gasteiger partial charge in [0.25, 0.3) is 0 Å². The highest BCUT2D eigenvalue weighted by Gasteiger charge is 2.17. The lowest BCUT2D eigenvalue weighted by Gasteiger charge is -2.14. The fourth-order valence-electron chi connectivity index (χ4n) is 2.87. The molecular formula is C20H24N4O2. The molecule has 0 radical (unpaired) electrons. The molecule has 0 aliphatic rings. The highest BCUT2D eigenvalue weighted by atomic mass is 16.5. The van der Waals surface area contributed by atoms with Crippen LogP contribution in [0.3, 0.4) is 0 Å². The molecule has 1 atom stereocenters. The number of aryl methyl sites for hydroxylation is 2. The summed E-state index contributed by atoms with van der Waals surface area (Å²) in [6.07, 6.45) is -0.127. The summed E-state index contributed by atoms with van der Waals surface area (Å²) in [6.45, 7) is 4.35. The molecule has 1 aromatic heterocycles. The Morgan fingerprint density at radius 1 is 1.19 bits per heavy atom. The maximum atomic E-state index is 12.4. The van der Waals surface area contributed by atoms with Gasteiger partial charge in [0, 0.05) is 19.3 Å². The number of nitrogens with one attached hydrogen (secondary N) is 1. The van der Waals surface area contributed by atoms with E-state index in [0.717, 1.165) is 22.3 Å². The minimum atomic E-state index is -0.311. The summed E-state index contributed by atoms with van der Waals surface area (Å²) >= 11 is 0. The highest BCUT2D eigenvalue weighted by Crippen LogP contribution is 2.26. The van der Waals surface area contributed by atoms with Crippen molar-refractivity contribution in [1.82, 2.24) is 9.55 Å². The number of aromatic nitrogens is 2. The second-order valence-corrected chi connectivity index (χ2v) is 6.44. The van der Waals surface area contributed by atoms with Crippen molar-refractivity contribution in [2.45, 2.75) is 26.4 Å². The molecule has 0 saturated heterocycles. The van der Waals surface area contributed by atoms with E-state index in [2.05, 4.69) is 10.3 Å². The number of hydrogen-bond acceptors (Lipinski definition) is 4. The number of imidazole rings is 1. The molecule has 1 unspecified atom stereocenters. The number of hydrogen-bond donors (Lipinski definition) is 2. The normalized spacial score (nSPS) is 12.3. The summed E-state index contributed by atoms with van der Waals surface area (Å²) < 4.78 is 7.15. The van der Waals surface area contributed by atoms with Gasteiger partial charge >= 0.3 is 0 Å². The van der Waals surface area contributed by atoms with Crippen LogP contribution in [-0.2, 0) is 9.53 Å². The van der Waals surface area contributed by atoms with Crippen LogP contribution >= 0.6 is 0 Å². The van der Waals surface area contributed by atoms with Gasteiger partial charge in [0.2, 0.25) is 11.9 Å². The molecular weight excluding hydrogens is 328 g/mol. The van der Waals surface area contributed by atoms with Crippen molar-refractivity contribution >= 4 is 22.9 Å². The molecule has 3 N–H and O–H groups in total. The Labute approximate surface area is 153 Å². The smallest absolute Gasteiger partial charge is 0.229 e. The van der Waals surface area contributed by atoms with Crippen LogP contribution in [0.4, 0.5) is 5.95 Å². The van der Waals surface area contributed by atoms with Gasteiger partial charge < -0.3 is 10.5 Å². The van der Waals surface area contributed by atoms with Crippen molar-refractivity contribution in [3.63, 3.8) is 0 Å². The molecule has 0 spiro atoms. The third kappa shape index (κ3) is 3.76. The minimum Gasteiger partial charge on any atom is -0.380 e. The zero-order chi connectivity index (χ0) is 18.7. The van der Waals surface area contributed by atoms with Gasteiger partial charge in [-0.05, 0) is 43.7 Å². The largest absolute Gasteiger partial charge is 0.380 e. The van der Waals surface area contributed by atoms with Gasteiger partial charge in [0.15, 0.2) is 0 Å². The molecule has 1 amide bonds. The fraction of sp³-hybridized carbons (Fsp3) is 0.300. The number of carbonyl (C=O) groups excluding carboxylic acids is 1. The standard InChI is InChI=1S/C20H24N4O2/c1-13-4-7-15(8-5-13)24-18-9-6-14(2)10-17(18)22-20(24)23-19(25)11-16(12-21)26-3/h4-10,16H,11-12,21H2,1-3H3,(H,22,23,25). The number of methoxy groups -OCH3 is 1. The number of fused-ring (bicyclic) bond motifs is 1. The molecule has 0 fully saturated rings. The Morgan fingerprint density at radius 2 is 1.88 bits per heavy atom. The number of rotatable bonds is 6. The van der Waals surface area contributed by atoms with Crippen LogP contribution in [0.15, 0.2) is 42.5 Å². The van der Waals surface area contributed by atoms with Crippen molar-refractivity contribution in [2.24, 2.45) is 5.73 Å². The summed E-state index contributed by atoms with van der Waals surface area (Å²) in [5.74, 6) is 0.314. The lowest BCUT2D eigenvalue weighted by Crippen LogP contribution is -2.28. The molecule has 0 saturated carbocycles. The first-order valence-corrected chi connectivity index (χ1v) is 8.60. The van der Waals surface area contributed by atoms with E-state index in [9.17, 15) is 4.79 Å². The molecule has 26 heavy (non-hydrogen) atoms. The van der Waals surface area contributed by atoms with Crippen LogP contribution in [0.1, 0.15) is 17.5 Å². The van der Waals surface area contributed by atoms with Crippen LogP contribution in [0.25, 0.3) is 16.7 Å². The monoisotopic (exact) mass is 352 g/mol. The predicted octanol–water partition coefficient (Wildman–Crippen LogP) is 2.94. The molecule has 2 aromatic carbocycles. The van der Waals surface area contributed by atoms with Crippen molar-refractivity contribution in [3.05, 3.63) is 53.6 Å². The number of anilines is 1. The second kappa shape index (κ2) is 7.68. The summed E-state index contributed by atoms with van der Waals surface area (Å²) in [6, 6.07) is 14.2. The van der Waals surface area contributed by atoms with Crippen LogP contribution < -0.4 is 11.1 Å². The lowest BCUT2D eigenvalue weighted by molar-refractivity contribution is -0.118. The first kappa shape index (κ1) is 18.1. The van der Waals surface area contributed by atoms with Gasteiger partial charge in [0.1, 0.15) is 0 Å². The second-order valence-electron chi connectivity index (χ2n) is 6.44. The average molecular weight is 352 g/mol. The molecule has 0 bridgehead atoms. The van der Waals surface area contributed by atoms with Crippen molar-refractivity contribution in [2.75, 3.05) is 19.0 Å². The molecule has 136 valence electrons. The number of nitrogens with two attached hydrogens (primary N) is 1. The lowest BCUT2D eigenvalue weighted by atomic mass is 10.2. The number of amides is 1. The number of benzene rings is 2. The molecule has 3 rings (SSSR count). The maximum Gasteiger partial charge on any atom is 0.229 e. The fourth-order valence-corrected chi connectivity index (χ4v) is 2.87. The van der Waals surface area contributed by atoms with E-state index in [0.29, 0.717) is 5.95 Å². The maximum absolute atomic E-state index is 12.4. The topological polar surface area (TPSA) is 82.2 Å². The Morgan fingerprint density at radius 3 is 2.54 bits per heavy atom. The van der Waals surface area contributed by atoms with E-state index in [1.54, 1.807) is 7.11 Å². The first-order chi connectivity index (χ1) is 12.5. The average Bonchev–Trinajstić information content (AvgIpc) is 2.97. The number of ether oxygens (including phenoxy) is 1. The van der Waals surface area contributed by atoms with Gasteiger partial charge in [-0.15, -0.1) is 0 Å². The third-order valence-corrected chi connectivity index (χ3v) is 4.36. The van der Waals surface area contributed by atoms with E-state index in [1.165, 1.54) is 5.56 Å². The van der Waals surface area contributed by atoms with Gasteiger partial charge in [-0.2, -0.15) is 0 Å². The Hall–Kier alpha value is -2.70. The first-order valence-electron chi connectivity index (χ1n) is 8.60. The van der Waals surface area contributed by atoms with Crippen molar-refractivity contribution < 1.29 is 9.53 Å². The molecule has 3 aromatic rings. The van der Waals surface area contributed by atoms with Crippen molar-refractivity contribution in [1.29, 1.82) is 0 Å². The van der Waals surface area contributed by atoms with Gasteiger partial charge in [-0.25, -0.2) is 4.98 Å². The molecule has 1 heterocycles. The number of carbonyl (C=O) groups is 1. The van der Waals surface area contributed by atoms with E-state index in [4.69, 9.17) is 10.5 Å². The zero-order valence-corrected chi connectivity index (χ0v) is 15.3. The van der Waals surface area contributed by atoms with E-state index >= 15 is 0 Å². The SMILES string of the molecule is COC(CN)CC(=O)Nc1nc2cc(C)ccc2n1-c1ccc(C)cc1. The van der Waals surface area contributed by atoms with Gasteiger partial charge in [0.05, 0.1) is 23.6 Å². The summed E-state index contributed by atoms with van der Waals surface area (Å²) in [4.78, 5) is 17.1. The quantitative estimate of drug-likeness (QED) is 0.714. The summed E-state index contributed by atoms with van der Waals surface area (Å²) in [5.41, 5.74) is 10.6. The van der Waals surface area contributed by atoms with Crippen LogP contribution in [0.2, 0.25) is 0 Å². The zero-order valence-electron chi connectivity index (χ0n) is 15.3. The molecule has 0 aliphatic heterocycles. The van der Waals surface area contributed by atoms with Crippen LogP contribution in [0, 0.1) is 13.8 Å². The highest BCUT2D eigenvalue weighted by molar-refractivity contribution is 5.92. The number of nitrogens with zero attached hydrogens (tertiary/aromatic N) is 2. The van der Waals surface area contributed by atoms with Crippen LogP contribution in [0.5, 0.6) is 0 Å². The van der Waals surface area contributed by atoms with Crippen molar-refractivity contribution in [3.8, 4) is 5.69 Å².